The van der Waals surface area contributed by atoms with Crippen LogP contribution in [0.15, 0.2) is 0 Å². The van der Waals surface area contributed by atoms with Crippen molar-refractivity contribution in [2.45, 2.75) is 25.8 Å². The molecule has 0 N–H and O–H groups in total. The summed E-state index contributed by atoms with van der Waals surface area (Å²) in [6.45, 7) is 4.64. The quantitative estimate of drug-likeness (QED) is 0.587. The van der Waals surface area contributed by atoms with Crippen LogP contribution in [0.4, 0.5) is 8.78 Å². The van der Waals surface area contributed by atoms with Crippen LogP contribution in [-0.2, 0) is 0 Å². The minimum absolute atomic E-state index is 0.102. The fraction of sp³-hybridized carbons (Fsp3) is 1.00. The summed E-state index contributed by atoms with van der Waals surface area (Å²) < 4.78 is 26.0. The van der Waals surface area contributed by atoms with Crippen LogP contribution in [0.2, 0.25) is 0 Å². The number of rotatable bonds is 1. The van der Waals surface area contributed by atoms with Crippen LogP contribution in [0, 0.1) is 17.8 Å². The molecule has 2 fully saturated rings. The summed E-state index contributed by atoms with van der Waals surface area (Å²) in [7, 11) is 1.95. The Morgan fingerprint density at radius 3 is 2.33 bits per heavy atom. The molecule has 1 aliphatic heterocycles. The zero-order valence-electron chi connectivity index (χ0n) is 7.72. The van der Waals surface area contributed by atoms with Crippen LogP contribution >= 0.6 is 0 Å². The Morgan fingerprint density at radius 1 is 1.42 bits per heavy atom. The first-order valence-electron chi connectivity index (χ1n) is 4.54. The van der Waals surface area contributed by atoms with E-state index in [0.717, 1.165) is 0 Å². The summed E-state index contributed by atoms with van der Waals surface area (Å²) in [6, 6.07) is 0.102. The van der Waals surface area contributed by atoms with E-state index in [1.165, 1.54) is 0 Å². The van der Waals surface area contributed by atoms with Crippen LogP contribution in [0.1, 0.15) is 13.8 Å². The number of nitrogens with zero attached hydrogens (tertiary/aromatic N) is 1. The van der Waals surface area contributed by atoms with Crippen LogP contribution < -0.4 is 0 Å². The molecule has 3 atom stereocenters. The summed E-state index contributed by atoms with van der Waals surface area (Å²) >= 11 is 0. The first kappa shape index (κ1) is 8.42. The molecule has 1 saturated carbocycles. The molecular weight excluding hydrogens is 160 g/mol. The zero-order chi connectivity index (χ0) is 9.09. The highest BCUT2D eigenvalue weighted by Gasteiger charge is 2.75. The molecular formula is C9H15F2N. The van der Waals surface area contributed by atoms with Crippen molar-refractivity contribution in [2.75, 3.05) is 13.6 Å². The van der Waals surface area contributed by atoms with Gasteiger partial charge in [0.25, 0.3) is 5.92 Å². The Hall–Kier alpha value is -0.180. The van der Waals surface area contributed by atoms with E-state index in [-0.39, 0.29) is 17.9 Å². The van der Waals surface area contributed by atoms with Crippen molar-refractivity contribution in [3.8, 4) is 0 Å². The molecule has 1 heterocycles. The van der Waals surface area contributed by atoms with Crippen molar-refractivity contribution in [3.05, 3.63) is 0 Å². The molecule has 3 unspecified atom stereocenters. The van der Waals surface area contributed by atoms with Gasteiger partial charge in [-0.1, -0.05) is 13.8 Å². The van der Waals surface area contributed by atoms with Crippen LogP contribution in [0.5, 0.6) is 0 Å². The Balaban J connectivity index is 2.13. The molecule has 12 heavy (non-hydrogen) atoms. The highest BCUT2D eigenvalue weighted by molar-refractivity contribution is 5.16. The summed E-state index contributed by atoms with van der Waals surface area (Å²) in [6.07, 6.45) is 0. The van der Waals surface area contributed by atoms with Gasteiger partial charge in [-0.15, -0.1) is 0 Å². The second kappa shape index (κ2) is 2.19. The Bertz CT molecular complexity index is 203. The van der Waals surface area contributed by atoms with Gasteiger partial charge >= 0.3 is 0 Å². The molecule has 0 amide bonds. The van der Waals surface area contributed by atoms with Gasteiger partial charge in [0.15, 0.2) is 0 Å². The third kappa shape index (κ3) is 0.859. The molecule has 70 valence electrons. The maximum absolute atomic E-state index is 13.0. The number of likely N-dealkylation sites (tertiary alicyclic amines) is 1. The average Bonchev–Trinajstić information content (AvgIpc) is 2.40. The van der Waals surface area contributed by atoms with Crippen molar-refractivity contribution in [1.29, 1.82) is 0 Å². The molecule has 1 nitrogen and oxygen atoms in total. The molecule has 3 heteroatoms. The van der Waals surface area contributed by atoms with Crippen molar-refractivity contribution < 1.29 is 8.78 Å². The zero-order valence-corrected chi connectivity index (χ0v) is 7.72. The van der Waals surface area contributed by atoms with Crippen molar-refractivity contribution in [2.24, 2.45) is 17.8 Å². The Labute approximate surface area is 71.7 Å². The third-order valence-corrected chi connectivity index (χ3v) is 3.31. The van der Waals surface area contributed by atoms with Gasteiger partial charge in [0.05, 0.1) is 0 Å². The van der Waals surface area contributed by atoms with Crippen LogP contribution in [-0.4, -0.2) is 30.5 Å². The van der Waals surface area contributed by atoms with Crippen molar-refractivity contribution >= 4 is 0 Å². The van der Waals surface area contributed by atoms with Gasteiger partial charge in [-0.3, -0.25) is 0 Å². The van der Waals surface area contributed by atoms with Crippen molar-refractivity contribution in [3.63, 3.8) is 0 Å². The van der Waals surface area contributed by atoms with Gasteiger partial charge in [-0.05, 0) is 13.0 Å². The topological polar surface area (TPSA) is 3.24 Å². The molecule has 1 saturated heterocycles. The van der Waals surface area contributed by atoms with E-state index >= 15 is 0 Å². The predicted molar refractivity (Wildman–Crippen MR) is 43.2 cm³/mol. The van der Waals surface area contributed by atoms with Gasteiger partial charge in [0.1, 0.15) is 0 Å². The van der Waals surface area contributed by atoms with Crippen LogP contribution in [0.3, 0.4) is 0 Å². The summed E-state index contributed by atoms with van der Waals surface area (Å²) in [5.41, 5.74) is 0. The average molecular weight is 175 g/mol. The number of fused-ring (bicyclic) bond motifs is 1. The molecule has 0 bridgehead atoms. The third-order valence-electron chi connectivity index (χ3n) is 3.31. The molecule has 1 aliphatic carbocycles. The first-order chi connectivity index (χ1) is 5.46. The molecule has 0 aromatic rings. The van der Waals surface area contributed by atoms with Crippen molar-refractivity contribution in [1.82, 2.24) is 4.90 Å². The normalized spacial score (nSPS) is 45.0. The number of piperidine rings is 1. The van der Waals surface area contributed by atoms with E-state index in [0.29, 0.717) is 12.5 Å². The second-order valence-corrected chi connectivity index (χ2v) is 4.48. The summed E-state index contributed by atoms with van der Waals surface area (Å²) in [4.78, 5) is 2.08. The van der Waals surface area contributed by atoms with E-state index < -0.39 is 5.92 Å². The SMILES string of the molecule is CC(C)C1C2C(CN1C)C2(F)F. The highest BCUT2D eigenvalue weighted by atomic mass is 19.3. The van der Waals surface area contributed by atoms with E-state index in [2.05, 4.69) is 4.90 Å². The van der Waals surface area contributed by atoms with E-state index in [4.69, 9.17) is 0 Å². The molecule has 0 radical (unpaired) electrons. The Kier molecular flexibility index (Phi) is 1.54. The lowest BCUT2D eigenvalue weighted by Crippen LogP contribution is -2.37. The van der Waals surface area contributed by atoms with E-state index in [1.54, 1.807) is 0 Å². The number of alkyl halides is 2. The lowest BCUT2D eigenvalue weighted by molar-refractivity contribution is 0.0299. The molecule has 0 aromatic carbocycles. The van der Waals surface area contributed by atoms with Gasteiger partial charge in [-0.25, -0.2) is 8.78 Å². The lowest BCUT2D eigenvalue weighted by Gasteiger charge is -2.27. The van der Waals surface area contributed by atoms with Gasteiger partial charge in [-0.2, -0.15) is 0 Å². The monoisotopic (exact) mass is 175 g/mol. The largest absolute Gasteiger partial charge is 0.302 e. The molecule has 0 aromatic heterocycles. The number of hydrogen-bond acceptors (Lipinski definition) is 1. The Morgan fingerprint density at radius 2 is 2.00 bits per heavy atom. The van der Waals surface area contributed by atoms with Gasteiger partial charge in [0.2, 0.25) is 0 Å². The summed E-state index contributed by atoms with van der Waals surface area (Å²) in [5.74, 6) is -2.68. The molecule has 2 rings (SSSR count). The van der Waals surface area contributed by atoms with E-state index in [9.17, 15) is 8.78 Å². The minimum Gasteiger partial charge on any atom is -0.302 e. The standard InChI is InChI=1S/C9H15F2N/c1-5(2)8-7-6(4-12(8)3)9(7,10)11/h5-8H,4H2,1-3H3. The lowest BCUT2D eigenvalue weighted by atomic mass is 10.00. The predicted octanol–water partition coefficient (Wildman–Crippen LogP) is 1.84. The fourth-order valence-corrected chi connectivity index (χ4v) is 2.75. The first-order valence-corrected chi connectivity index (χ1v) is 4.54. The minimum atomic E-state index is -2.35. The maximum Gasteiger partial charge on any atom is 0.257 e. The smallest absolute Gasteiger partial charge is 0.257 e. The summed E-state index contributed by atoms with van der Waals surface area (Å²) in [5, 5.41) is 0. The fourth-order valence-electron chi connectivity index (χ4n) is 2.75. The molecule has 0 spiro atoms. The second-order valence-electron chi connectivity index (χ2n) is 4.48. The highest BCUT2D eigenvalue weighted by Crippen LogP contribution is 2.62. The van der Waals surface area contributed by atoms with Gasteiger partial charge in [0, 0.05) is 24.4 Å². The van der Waals surface area contributed by atoms with Crippen LogP contribution in [0.25, 0.3) is 0 Å². The van der Waals surface area contributed by atoms with Gasteiger partial charge < -0.3 is 4.90 Å². The number of hydrogen-bond donors (Lipinski definition) is 0. The molecule has 2 aliphatic rings. The maximum atomic E-state index is 13.0. The van der Waals surface area contributed by atoms with E-state index in [1.807, 2.05) is 20.9 Å². The number of halogens is 2.